The third-order valence-electron chi connectivity index (χ3n) is 1.69. The summed E-state index contributed by atoms with van der Waals surface area (Å²) in [6, 6.07) is 4.34. The van der Waals surface area contributed by atoms with Crippen LogP contribution in [0.1, 0.15) is 27.6 Å². The fraction of sp³-hybridized carbons (Fsp3) is 0.111. The molecule has 0 amide bonds. The average molecular weight is 189 g/mol. The van der Waals surface area contributed by atoms with E-state index < -0.39 is 0 Å². The van der Waals surface area contributed by atoms with E-state index in [0.717, 1.165) is 0 Å². The van der Waals surface area contributed by atoms with E-state index in [1.807, 2.05) is 0 Å². The van der Waals surface area contributed by atoms with E-state index >= 15 is 0 Å². The first-order valence-corrected chi connectivity index (χ1v) is 3.84. The van der Waals surface area contributed by atoms with Crippen molar-refractivity contribution in [3.05, 3.63) is 39.8 Å². The number of azide groups is 1. The maximum absolute atomic E-state index is 11.1. The normalized spacial score (nSPS) is 8.93. The van der Waals surface area contributed by atoms with Crippen LogP contribution in [0.15, 0.2) is 23.3 Å². The van der Waals surface area contributed by atoms with Crippen LogP contribution in [0.5, 0.6) is 0 Å². The minimum absolute atomic E-state index is 0.240. The summed E-state index contributed by atoms with van der Waals surface area (Å²) in [5.41, 5.74) is 9.11. The lowest BCUT2D eigenvalue weighted by molar-refractivity contribution is 0.101. The van der Waals surface area contributed by atoms with Gasteiger partial charge in [0.1, 0.15) is 6.29 Å². The summed E-state index contributed by atoms with van der Waals surface area (Å²) >= 11 is 0. The van der Waals surface area contributed by atoms with Crippen molar-refractivity contribution in [2.24, 2.45) is 5.11 Å². The third kappa shape index (κ3) is 1.97. The quantitative estimate of drug-likeness (QED) is 0.241. The molecule has 0 fully saturated rings. The Morgan fingerprint density at radius 1 is 1.57 bits per heavy atom. The highest BCUT2D eigenvalue weighted by Crippen LogP contribution is 2.20. The van der Waals surface area contributed by atoms with E-state index in [-0.39, 0.29) is 17.0 Å². The minimum atomic E-state index is -0.240. The molecule has 0 aliphatic rings. The van der Waals surface area contributed by atoms with Crippen molar-refractivity contribution in [3.8, 4) is 0 Å². The molecule has 0 bridgehead atoms. The zero-order valence-electron chi connectivity index (χ0n) is 7.47. The van der Waals surface area contributed by atoms with Gasteiger partial charge in [-0.1, -0.05) is 17.2 Å². The molecule has 0 radical (unpaired) electrons. The van der Waals surface area contributed by atoms with Gasteiger partial charge in [0, 0.05) is 21.7 Å². The smallest absolute Gasteiger partial charge is 0.160 e. The number of hydrogen-bond donors (Lipinski definition) is 0. The molecule has 0 N–H and O–H groups in total. The molecule has 1 aromatic rings. The zero-order chi connectivity index (χ0) is 10.6. The maximum atomic E-state index is 11.1. The second-order valence-electron chi connectivity index (χ2n) is 2.64. The lowest BCUT2D eigenvalue weighted by Gasteiger charge is -2.00. The third-order valence-corrected chi connectivity index (χ3v) is 1.69. The van der Waals surface area contributed by atoms with Gasteiger partial charge in [0.15, 0.2) is 5.78 Å². The van der Waals surface area contributed by atoms with Gasteiger partial charge < -0.3 is 0 Å². The van der Waals surface area contributed by atoms with Gasteiger partial charge in [-0.15, -0.1) is 0 Å². The largest absolute Gasteiger partial charge is 0.298 e. The Bertz CT molecular complexity index is 434. The van der Waals surface area contributed by atoms with E-state index in [1.54, 1.807) is 0 Å². The summed E-state index contributed by atoms with van der Waals surface area (Å²) in [4.78, 5) is 24.1. The van der Waals surface area contributed by atoms with E-state index in [0.29, 0.717) is 11.8 Å². The molecule has 5 heteroatoms. The number of carbonyl (C=O) groups excluding carboxylic acids is 2. The molecule has 0 spiro atoms. The highest BCUT2D eigenvalue weighted by molar-refractivity contribution is 6.00. The Labute approximate surface area is 80.0 Å². The molecule has 0 saturated heterocycles. The van der Waals surface area contributed by atoms with Crippen LogP contribution in [0.4, 0.5) is 5.69 Å². The second kappa shape index (κ2) is 4.20. The molecular formula is C9H7N3O2. The molecule has 0 saturated carbocycles. The predicted octanol–water partition coefficient (Wildman–Crippen LogP) is 2.64. The van der Waals surface area contributed by atoms with E-state index in [9.17, 15) is 9.59 Å². The molecule has 0 heterocycles. The van der Waals surface area contributed by atoms with Gasteiger partial charge >= 0.3 is 0 Å². The predicted molar refractivity (Wildman–Crippen MR) is 50.6 cm³/mol. The van der Waals surface area contributed by atoms with Crippen LogP contribution >= 0.6 is 0 Å². The van der Waals surface area contributed by atoms with Crippen molar-refractivity contribution in [3.63, 3.8) is 0 Å². The van der Waals surface area contributed by atoms with Gasteiger partial charge in [0.05, 0.1) is 0 Å². The molecule has 0 aliphatic carbocycles. The molecule has 0 aliphatic heterocycles. The zero-order valence-corrected chi connectivity index (χ0v) is 7.47. The number of Topliss-reactive ketones (excluding diaryl/α,β-unsaturated/α-hetero) is 1. The second-order valence-corrected chi connectivity index (χ2v) is 2.64. The monoisotopic (exact) mass is 189 g/mol. The standard InChI is InChI=1S/C9H7N3O2/c1-6(14)8-4-7(5-13)2-3-9(8)11-12-10/h2-5H,1H3. The van der Waals surface area contributed by atoms with Crippen molar-refractivity contribution < 1.29 is 9.59 Å². The van der Waals surface area contributed by atoms with Crippen molar-refractivity contribution in [1.82, 2.24) is 0 Å². The Morgan fingerprint density at radius 2 is 2.29 bits per heavy atom. The Morgan fingerprint density at radius 3 is 2.79 bits per heavy atom. The summed E-state index contributed by atoms with van der Waals surface area (Å²) in [7, 11) is 0. The summed E-state index contributed by atoms with van der Waals surface area (Å²) in [6.45, 7) is 1.35. The molecule has 1 rings (SSSR count). The van der Waals surface area contributed by atoms with E-state index in [1.165, 1.54) is 25.1 Å². The number of hydrogen-bond acceptors (Lipinski definition) is 3. The molecule has 0 aromatic heterocycles. The van der Waals surface area contributed by atoms with E-state index in [4.69, 9.17) is 5.53 Å². The van der Waals surface area contributed by atoms with Crippen LogP contribution in [0.25, 0.3) is 10.4 Å². The van der Waals surface area contributed by atoms with Crippen LogP contribution in [0.2, 0.25) is 0 Å². The Hall–Kier alpha value is -2.13. The minimum Gasteiger partial charge on any atom is -0.298 e. The number of rotatable bonds is 3. The van der Waals surface area contributed by atoms with Gasteiger partial charge in [-0.2, -0.15) is 0 Å². The van der Waals surface area contributed by atoms with Gasteiger partial charge in [-0.25, -0.2) is 0 Å². The fourth-order valence-electron chi connectivity index (χ4n) is 1.04. The summed E-state index contributed by atoms with van der Waals surface area (Å²) in [5.74, 6) is -0.240. The SMILES string of the molecule is CC(=O)c1cc(C=O)ccc1N=[N+]=[N-]. The summed E-state index contributed by atoms with van der Waals surface area (Å²) in [5, 5.41) is 3.35. The molecule has 0 atom stereocenters. The number of carbonyl (C=O) groups is 2. The number of nitrogens with zero attached hydrogens (tertiary/aromatic N) is 3. The highest BCUT2D eigenvalue weighted by Gasteiger charge is 2.06. The number of benzene rings is 1. The summed E-state index contributed by atoms with van der Waals surface area (Å²) in [6.07, 6.45) is 0.631. The highest BCUT2D eigenvalue weighted by atomic mass is 16.1. The topological polar surface area (TPSA) is 82.9 Å². The molecular weight excluding hydrogens is 182 g/mol. The molecule has 14 heavy (non-hydrogen) atoms. The van der Waals surface area contributed by atoms with Crippen LogP contribution in [-0.4, -0.2) is 12.1 Å². The lowest BCUT2D eigenvalue weighted by atomic mass is 10.1. The van der Waals surface area contributed by atoms with Gasteiger partial charge in [-0.3, -0.25) is 9.59 Å². The van der Waals surface area contributed by atoms with Crippen molar-refractivity contribution in [2.45, 2.75) is 6.92 Å². The van der Waals surface area contributed by atoms with Gasteiger partial charge in [0.25, 0.3) is 0 Å². The van der Waals surface area contributed by atoms with Crippen LogP contribution in [0.3, 0.4) is 0 Å². The Balaban J connectivity index is 3.37. The average Bonchev–Trinajstić information content (AvgIpc) is 2.18. The molecule has 1 aromatic carbocycles. The van der Waals surface area contributed by atoms with Crippen molar-refractivity contribution >= 4 is 17.8 Å². The van der Waals surface area contributed by atoms with Crippen LogP contribution < -0.4 is 0 Å². The number of ketones is 1. The Kier molecular flexibility index (Phi) is 2.99. The molecule has 5 nitrogen and oxygen atoms in total. The summed E-state index contributed by atoms with van der Waals surface area (Å²) < 4.78 is 0. The first kappa shape index (κ1) is 9.95. The fourth-order valence-corrected chi connectivity index (χ4v) is 1.04. The molecule has 0 unspecified atom stereocenters. The lowest BCUT2D eigenvalue weighted by Crippen LogP contribution is -1.94. The van der Waals surface area contributed by atoms with Gasteiger partial charge in [-0.05, 0) is 18.5 Å². The van der Waals surface area contributed by atoms with E-state index in [2.05, 4.69) is 10.0 Å². The van der Waals surface area contributed by atoms with Crippen LogP contribution in [0, 0.1) is 0 Å². The maximum Gasteiger partial charge on any atom is 0.160 e. The van der Waals surface area contributed by atoms with Crippen LogP contribution in [-0.2, 0) is 0 Å². The first-order chi connectivity index (χ1) is 6.69. The molecule has 70 valence electrons. The van der Waals surface area contributed by atoms with Gasteiger partial charge in [0.2, 0.25) is 0 Å². The first-order valence-electron chi connectivity index (χ1n) is 3.84. The van der Waals surface area contributed by atoms with Crippen molar-refractivity contribution in [1.29, 1.82) is 0 Å². The van der Waals surface area contributed by atoms with Crippen molar-refractivity contribution in [2.75, 3.05) is 0 Å². The number of aldehydes is 1.